The predicted octanol–water partition coefficient (Wildman–Crippen LogP) is 6.25. The molecule has 1 unspecified atom stereocenters. The Bertz CT molecular complexity index is 1590. The maximum atomic E-state index is 14.3. The van der Waals surface area contributed by atoms with Crippen molar-refractivity contribution in [1.29, 1.82) is 5.26 Å². The van der Waals surface area contributed by atoms with Crippen molar-refractivity contribution in [3.8, 4) is 17.5 Å². The molecule has 1 amide bonds. The molecule has 5 rings (SSSR count). The van der Waals surface area contributed by atoms with Crippen LogP contribution in [0.15, 0.2) is 78.9 Å². The summed E-state index contributed by atoms with van der Waals surface area (Å²) in [6.07, 6.45) is 2.20. The Morgan fingerprint density at radius 2 is 1.85 bits per heavy atom. The van der Waals surface area contributed by atoms with Crippen LogP contribution < -0.4 is 10.1 Å². The van der Waals surface area contributed by atoms with Crippen LogP contribution in [0.25, 0.3) is 5.69 Å². The zero-order chi connectivity index (χ0) is 29.1. The maximum Gasteiger partial charge on any atom is 0.319 e. The third-order valence-corrected chi connectivity index (χ3v) is 7.13. The van der Waals surface area contributed by atoms with E-state index in [9.17, 15) is 23.2 Å². The number of ether oxygens (including phenoxy) is 1. The number of carbonyl (C=O) groups is 1. The van der Waals surface area contributed by atoms with Gasteiger partial charge in [0.25, 0.3) is 5.91 Å². The lowest BCUT2D eigenvalue weighted by Crippen LogP contribution is -2.27. The van der Waals surface area contributed by atoms with E-state index in [1.807, 2.05) is 48.5 Å². The monoisotopic (exact) mass is 559 g/mol. The van der Waals surface area contributed by atoms with E-state index < -0.39 is 24.2 Å². The number of nitriles is 1. The number of hydrogen-bond donors (Lipinski definition) is 1. The highest BCUT2D eigenvalue weighted by Crippen LogP contribution is 2.38. The van der Waals surface area contributed by atoms with E-state index in [-0.39, 0.29) is 23.0 Å². The lowest BCUT2D eigenvalue weighted by molar-refractivity contribution is -0.0324. The van der Waals surface area contributed by atoms with Crippen molar-refractivity contribution in [3.05, 3.63) is 107 Å². The lowest BCUT2D eigenvalue weighted by Gasteiger charge is -2.29. The molecule has 210 valence electrons. The van der Waals surface area contributed by atoms with E-state index in [0.29, 0.717) is 11.7 Å². The number of nitrogens with one attached hydrogen (secondary N) is 1. The van der Waals surface area contributed by atoms with Gasteiger partial charge in [0.2, 0.25) is 0 Å². The molecule has 0 spiro atoms. The molecule has 7 nitrogen and oxygen atoms in total. The van der Waals surface area contributed by atoms with Crippen LogP contribution in [-0.2, 0) is 5.92 Å². The summed E-state index contributed by atoms with van der Waals surface area (Å²) in [4.78, 5) is 15.8. The minimum atomic E-state index is -3.88. The van der Waals surface area contributed by atoms with Crippen LogP contribution in [0.5, 0.6) is 5.75 Å². The van der Waals surface area contributed by atoms with Crippen LogP contribution in [0.4, 0.5) is 18.9 Å². The lowest BCUT2D eigenvalue weighted by atomic mass is 9.96. The molecule has 1 atom stereocenters. The molecule has 1 N–H and O–H groups in total. The van der Waals surface area contributed by atoms with Crippen LogP contribution in [0.1, 0.15) is 51.8 Å². The number of aromatic nitrogens is 2. The van der Waals surface area contributed by atoms with Crippen LogP contribution in [0.3, 0.4) is 0 Å². The highest BCUT2D eigenvalue weighted by atomic mass is 19.3. The fraction of sp³-hybridized carbons (Fsp3) is 0.258. The summed E-state index contributed by atoms with van der Waals surface area (Å²) in [5.41, 5.74) is 1.80. The molecule has 1 saturated carbocycles. The fourth-order valence-corrected chi connectivity index (χ4v) is 4.82. The molecule has 1 aliphatic rings. The molecular weight excluding hydrogens is 531 g/mol. The van der Waals surface area contributed by atoms with Gasteiger partial charge in [-0.15, -0.1) is 0 Å². The van der Waals surface area contributed by atoms with Gasteiger partial charge in [0.1, 0.15) is 17.1 Å². The first kappa shape index (κ1) is 27.9. The first-order valence-electron chi connectivity index (χ1n) is 13.1. The largest absolute Gasteiger partial charge is 0.497 e. The smallest absolute Gasteiger partial charge is 0.319 e. The zero-order valence-electron chi connectivity index (χ0n) is 22.5. The summed E-state index contributed by atoms with van der Waals surface area (Å²) in [5.74, 6) is -3.85. The molecule has 1 aliphatic carbocycles. The summed E-state index contributed by atoms with van der Waals surface area (Å²) in [6, 6.07) is 24.4. The second-order valence-corrected chi connectivity index (χ2v) is 9.98. The van der Waals surface area contributed by atoms with E-state index in [0.717, 1.165) is 40.5 Å². The van der Waals surface area contributed by atoms with Crippen LogP contribution >= 0.6 is 0 Å². The Balaban J connectivity index is 1.49. The Morgan fingerprint density at radius 1 is 1.12 bits per heavy atom. The number of nitrogens with zero attached hydrogens (tertiary/aromatic N) is 4. The van der Waals surface area contributed by atoms with E-state index in [4.69, 9.17) is 4.74 Å². The number of methoxy groups -OCH3 is 1. The number of benzene rings is 3. The van der Waals surface area contributed by atoms with Crippen molar-refractivity contribution in [2.24, 2.45) is 0 Å². The van der Waals surface area contributed by atoms with E-state index in [1.165, 1.54) is 18.2 Å². The maximum absolute atomic E-state index is 14.3. The van der Waals surface area contributed by atoms with Crippen LogP contribution in [-0.4, -0.2) is 47.5 Å². The van der Waals surface area contributed by atoms with Gasteiger partial charge in [-0.2, -0.15) is 19.1 Å². The highest BCUT2D eigenvalue weighted by molar-refractivity contribution is 6.03. The number of carbonyl (C=O) groups excluding carboxylic acids is 1. The quantitative estimate of drug-likeness (QED) is 0.248. The molecule has 0 radical (unpaired) electrons. The second kappa shape index (κ2) is 11.5. The summed E-state index contributed by atoms with van der Waals surface area (Å²) in [7, 11) is 3.68. The van der Waals surface area contributed by atoms with Gasteiger partial charge in [0, 0.05) is 11.7 Å². The molecule has 1 fully saturated rings. The van der Waals surface area contributed by atoms with Crippen molar-refractivity contribution in [3.63, 3.8) is 0 Å². The summed E-state index contributed by atoms with van der Waals surface area (Å²) in [6.45, 7) is -1.97. The van der Waals surface area contributed by atoms with Gasteiger partial charge in [0.05, 0.1) is 30.5 Å². The Morgan fingerprint density at radius 3 is 2.51 bits per heavy atom. The fourth-order valence-electron chi connectivity index (χ4n) is 4.82. The minimum absolute atomic E-state index is 0.0978. The predicted molar refractivity (Wildman–Crippen MR) is 148 cm³/mol. The molecule has 4 aromatic rings. The Labute approximate surface area is 235 Å². The van der Waals surface area contributed by atoms with Crippen molar-refractivity contribution in [1.82, 2.24) is 14.7 Å². The number of rotatable bonds is 10. The standard InChI is InChI=1S/C31H28F3N5O2/c1-38(24-11-12-24)29(21-9-13-26(41-2)14-10-21)22-6-4-7-23(16-22)36-30(40)27-17-28(31(33,34)19-32)37-39(27)25-8-3-5-20(15-25)18-35/h3-10,13-17,24,29H,11-12,19H2,1-2H3,(H,36,40). The van der Waals surface area contributed by atoms with Gasteiger partial charge in [-0.25, -0.2) is 9.07 Å². The molecule has 0 aliphatic heterocycles. The summed E-state index contributed by atoms with van der Waals surface area (Å²) >= 11 is 0. The van der Waals surface area contributed by atoms with Gasteiger partial charge in [-0.3, -0.25) is 9.69 Å². The van der Waals surface area contributed by atoms with Crippen LogP contribution in [0.2, 0.25) is 0 Å². The van der Waals surface area contributed by atoms with Gasteiger partial charge in [-0.05, 0) is 79.5 Å². The molecule has 3 aromatic carbocycles. The molecule has 41 heavy (non-hydrogen) atoms. The molecule has 1 heterocycles. The highest BCUT2D eigenvalue weighted by Gasteiger charge is 2.37. The van der Waals surface area contributed by atoms with Gasteiger partial charge >= 0.3 is 5.92 Å². The molecule has 1 aromatic heterocycles. The van der Waals surface area contributed by atoms with E-state index >= 15 is 0 Å². The first-order chi connectivity index (χ1) is 19.7. The molecular formula is C31H28F3N5O2. The number of halogens is 3. The van der Waals surface area contributed by atoms with Gasteiger partial charge in [-0.1, -0.05) is 30.3 Å². The zero-order valence-corrected chi connectivity index (χ0v) is 22.5. The van der Waals surface area contributed by atoms with Crippen molar-refractivity contribution in [2.75, 3.05) is 26.1 Å². The van der Waals surface area contributed by atoms with E-state index in [2.05, 4.69) is 22.4 Å². The van der Waals surface area contributed by atoms with E-state index in [1.54, 1.807) is 19.2 Å². The molecule has 0 saturated heterocycles. The number of amides is 1. The van der Waals surface area contributed by atoms with Gasteiger partial charge < -0.3 is 10.1 Å². The third-order valence-electron chi connectivity index (χ3n) is 7.13. The third kappa shape index (κ3) is 5.95. The minimum Gasteiger partial charge on any atom is -0.497 e. The van der Waals surface area contributed by atoms with Gasteiger partial charge in [0.15, 0.2) is 6.67 Å². The average molecular weight is 560 g/mol. The summed E-state index contributed by atoms with van der Waals surface area (Å²) < 4.78 is 48.0. The number of alkyl halides is 3. The average Bonchev–Trinajstić information content (AvgIpc) is 3.75. The Hall–Kier alpha value is -4.62. The topological polar surface area (TPSA) is 83.2 Å². The molecule has 0 bridgehead atoms. The summed E-state index contributed by atoms with van der Waals surface area (Å²) in [5, 5.41) is 15.9. The van der Waals surface area contributed by atoms with Crippen LogP contribution in [0, 0.1) is 11.3 Å². The molecule has 10 heteroatoms. The normalized spacial score (nSPS) is 14.0. The second-order valence-electron chi connectivity index (χ2n) is 9.98. The van der Waals surface area contributed by atoms with Crippen molar-refractivity contribution >= 4 is 11.6 Å². The SMILES string of the molecule is COc1ccc(C(c2cccc(NC(=O)c3cc(C(F)(F)CF)nn3-c3cccc(C#N)c3)c2)N(C)C2CC2)cc1. The van der Waals surface area contributed by atoms with Crippen molar-refractivity contribution < 1.29 is 22.7 Å². The van der Waals surface area contributed by atoms with Crippen molar-refractivity contribution in [2.45, 2.75) is 30.8 Å². The number of anilines is 1. The Kier molecular flexibility index (Phi) is 7.81. The first-order valence-corrected chi connectivity index (χ1v) is 13.1. The number of hydrogen-bond acceptors (Lipinski definition) is 5.